The molecule has 1 aromatic carbocycles. The minimum atomic E-state index is 0.101. The van der Waals surface area contributed by atoms with Gasteiger partial charge in [-0.15, -0.1) is 0 Å². The van der Waals surface area contributed by atoms with Crippen molar-refractivity contribution in [2.75, 3.05) is 6.54 Å². The van der Waals surface area contributed by atoms with E-state index in [2.05, 4.69) is 6.92 Å². The van der Waals surface area contributed by atoms with Crippen LogP contribution in [0.3, 0.4) is 0 Å². The van der Waals surface area contributed by atoms with Crippen LogP contribution in [0.2, 0.25) is 0 Å². The fourth-order valence-corrected chi connectivity index (χ4v) is 3.16. The van der Waals surface area contributed by atoms with Crippen molar-refractivity contribution in [3.05, 3.63) is 16.7 Å². The second-order valence-electron chi connectivity index (χ2n) is 5.78. The second kappa shape index (κ2) is 4.30. The molecule has 3 N–H and O–H groups in total. The van der Waals surface area contributed by atoms with Gasteiger partial charge in [-0.1, -0.05) is 6.92 Å². The normalized spacial score (nSPS) is 25.5. The van der Waals surface area contributed by atoms with Gasteiger partial charge in [-0.05, 0) is 26.3 Å². The Morgan fingerprint density at radius 1 is 1.16 bits per heavy atom. The first kappa shape index (κ1) is 12.6. The molecule has 0 amide bonds. The van der Waals surface area contributed by atoms with Gasteiger partial charge in [0.1, 0.15) is 18.0 Å². The molecule has 3 rings (SSSR count). The lowest BCUT2D eigenvalue weighted by Crippen LogP contribution is -2.13. The Morgan fingerprint density at radius 2 is 1.74 bits per heavy atom. The zero-order valence-corrected chi connectivity index (χ0v) is 11.7. The van der Waals surface area contributed by atoms with E-state index in [1.807, 2.05) is 13.8 Å². The minimum absolute atomic E-state index is 0.101. The Morgan fingerprint density at radius 3 is 2.37 bits per heavy atom. The molecule has 2 aliphatic heterocycles. The van der Waals surface area contributed by atoms with Crippen LogP contribution in [0.15, 0.2) is 0 Å². The van der Waals surface area contributed by atoms with Crippen LogP contribution in [0.1, 0.15) is 43.4 Å². The van der Waals surface area contributed by atoms with Crippen molar-refractivity contribution in [1.29, 1.82) is 0 Å². The van der Waals surface area contributed by atoms with Crippen LogP contribution in [0.5, 0.6) is 17.2 Å². The van der Waals surface area contributed by atoms with Crippen molar-refractivity contribution in [2.24, 2.45) is 5.73 Å². The lowest BCUT2D eigenvalue weighted by molar-refractivity contribution is 0.244. The quantitative estimate of drug-likeness (QED) is 0.857. The van der Waals surface area contributed by atoms with Gasteiger partial charge in [0.15, 0.2) is 11.5 Å². The SMILES string of the molecule is CC1Cc2c(c(O)c3c(c2C(C)CN)OC(C)C3)O1. The minimum Gasteiger partial charge on any atom is -0.504 e. The maximum atomic E-state index is 10.4. The summed E-state index contributed by atoms with van der Waals surface area (Å²) in [5, 5.41) is 10.4. The molecule has 2 heterocycles. The Bertz CT molecular complexity index is 488. The number of phenols is 1. The lowest BCUT2D eigenvalue weighted by atomic mass is 9.89. The largest absolute Gasteiger partial charge is 0.504 e. The Balaban J connectivity index is 2.23. The standard InChI is InChI=1S/C15H21NO3/c1-7(6-16)12-10-4-8(2)19-15(10)13(17)11-5-9(3)18-14(11)12/h7-9,17H,4-6,16H2,1-3H3. The first-order chi connectivity index (χ1) is 9.02. The van der Waals surface area contributed by atoms with E-state index < -0.39 is 0 Å². The predicted molar refractivity (Wildman–Crippen MR) is 73.2 cm³/mol. The van der Waals surface area contributed by atoms with Gasteiger partial charge in [0.05, 0.1) is 0 Å². The van der Waals surface area contributed by atoms with Gasteiger partial charge in [-0.25, -0.2) is 0 Å². The van der Waals surface area contributed by atoms with E-state index in [0.29, 0.717) is 12.3 Å². The summed E-state index contributed by atoms with van der Waals surface area (Å²) in [6, 6.07) is 0. The van der Waals surface area contributed by atoms with Gasteiger partial charge in [-0.3, -0.25) is 0 Å². The van der Waals surface area contributed by atoms with E-state index in [-0.39, 0.29) is 23.9 Å². The Hall–Kier alpha value is -1.42. The van der Waals surface area contributed by atoms with Gasteiger partial charge >= 0.3 is 0 Å². The van der Waals surface area contributed by atoms with E-state index >= 15 is 0 Å². The molecule has 3 unspecified atom stereocenters. The number of ether oxygens (including phenoxy) is 2. The third-order valence-corrected chi connectivity index (χ3v) is 4.09. The molecule has 0 fully saturated rings. The van der Waals surface area contributed by atoms with Crippen LogP contribution in [0.4, 0.5) is 0 Å². The van der Waals surface area contributed by atoms with Crippen molar-refractivity contribution < 1.29 is 14.6 Å². The van der Waals surface area contributed by atoms with Crippen LogP contribution in [0, 0.1) is 0 Å². The highest BCUT2D eigenvalue weighted by atomic mass is 16.5. The molecule has 0 saturated heterocycles. The Labute approximate surface area is 113 Å². The molecule has 3 atom stereocenters. The summed E-state index contributed by atoms with van der Waals surface area (Å²) >= 11 is 0. The molecular formula is C15H21NO3. The van der Waals surface area contributed by atoms with Crippen LogP contribution < -0.4 is 15.2 Å². The van der Waals surface area contributed by atoms with Crippen molar-refractivity contribution in [3.63, 3.8) is 0 Å². The number of aromatic hydroxyl groups is 1. The summed E-state index contributed by atoms with van der Waals surface area (Å²) in [6.45, 7) is 6.70. The smallest absolute Gasteiger partial charge is 0.165 e. The number of hydrogen-bond acceptors (Lipinski definition) is 4. The van der Waals surface area contributed by atoms with E-state index in [1.54, 1.807) is 0 Å². The third kappa shape index (κ3) is 1.77. The molecule has 1 aromatic rings. The third-order valence-electron chi connectivity index (χ3n) is 4.09. The Kier molecular flexibility index (Phi) is 2.86. The topological polar surface area (TPSA) is 64.7 Å². The van der Waals surface area contributed by atoms with Crippen molar-refractivity contribution in [3.8, 4) is 17.2 Å². The van der Waals surface area contributed by atoms with E-state index in [1.165, 1.54) is 0 Å². The van der Waals surface area contributed by atoms with E-state index in [9.17, 15) is 5.11 Å². The van der Waals surface area contributed by atoms with Crippen LogP contribution >= 0.6 is 0 Å². The molecule has 0 bridgehead atoms. The predicted octanol–water partition coefficient (Wildman–Crippen LogP) is 2.10. The van der Waals surface area contributed by atoms with Crippen LogP contribution in [0.25, 0.3) is 0 Å². The number of nitrogens with two attached hydrogens (primary N) is 1. The maximum absolute atomic E-state index is 10.4. The molecule has 2 aliphatic rings. The van der Waals surface area contributed by atoms with E-state index in [0.717, 1.165) is 35.3 Å². The highest BCUT2D eigenvalue weighted by Gasteiger charge is 2.36. The van der Waals surface area contributed by atoms with Gasteiger partial charge in [0, 0.05) is 29.5 Å². The summed E-state index contributed by atoms with van der Waals surface area (Å²) in [7, 11) is 0. The first-order valence-electron chi connectivity index (χ1n) is 6.96. The highest BCUT2D eigenvalue weighted by Crippen LogP contribution is 2.52. The number of fused-ring (bicyclic) bond motifs is 2. The summed E-state index contributed by atoms with van der Waals surface area (Å²) in [5.41, 5.74) is 8.94. The van der Waals surface area contributed by atoms with Gasteiger partial charge in [0.2, 0.25) is 0 Å². The lowest BCUT2D eigenvalue weighted by Gasteiger charge is -2.19. The molecule has 0 spiro atoms. The molecule has 0 aliphatic carbocycles. The van der Waals surface area contributed by atoms with Crippen LogP contribution in [-0.2, 0) is 12.8 Å². The fourth-order valence-electron chi connectivity index (χ4n) is 3.16. The summed E-state index contributed by atoms with van der Waals surface area (Å²) in [6.07, 6.45) is 1.75. The van der Waals surface area contributed by atoms with Crippen molar-refractivity contribution in [1.82, 2.24) is 0 Å². The number of phenolic OH excluding ortho intramolecular Hbond substituents is 1. The zero-order chi connectivity index (χ0) is 13.7. The number of rotatable bonds is 2. The molecule has 4 heteroatoms. The molecule has 19 heavy (non-hydrogen) atoms. The average molecular weight is 263 g/mol. The highest BCUT2D eigenvalue weighted by molar-refractivity contribution is 5.66. The average Bonchev–Trinajstić information content (AvgIpc) is 2.92. The maximum Gasteiger partial charge on any atom is 0.165 e. The number of benzene rings is 1. The van der Waals surface area contributed by atoms with Gasteiger partial charge in [-0.2, -0.15) is 0 Å². The van der Waals surface area contributed by atoms with Gasteiger partial charge in [0.25, 0.3) is 0 Å². The second-order valence-corrected chi connectivity index (χ2v) is 5.78. The van der Waals surface area contributed by atoms with Crippen LogP contribution in [-0.4, -0.2) is 23.9 Å². The molecule has 0 saturated carbocycles. The molecule has 0 aromatic heterocycles. The number of hydrogen-bond donors (Lipinski definition) is 2. The van der Waals surface area contributed by atoms with Crippen molar-refractivity contribution >= 4 is 0 Å². The molecular weight excluding hydrogens is 242 g/mol. The van der Waals surface area contributed by atoms with Gasteiger partial charge < -0.3 is 20.3 Å². The summed E-state index contributed by atoms with van der Waals surface area (Å²) in [5.74, 6) is 1.98. The summed E-state index contributed by atoms with van der Waals surface area (Å²) in [4.78, 5) is 0. The van der Waals surface area contributed by atoms with Crippen molar-refractivity contribution in [2.45, 2.75) is 51.7 Å². The fraction of sp³-hybridized carbons (Fsp3) is 0.600. The zero-order valence-electron chi connectivity index (χ0n) is 11.7. The molecule has 104 valence electrons. The summed E-state index contributed by atoms with van der Waals surface area (Å²) < 4.78 is 11.7. The molecule has 4 nitrogen and oxygen atoms in total. The monoisotopic (exact) mass is 263 g/mol. The van der Waals surface area contributed by atoms with E-state index in [4.69, 9.17) is 15.2 Å². The molecule has 0 radical (unpaired) electrons. The first-order valence-corrected chi connectivity index (χ1v) is 6.96.